The van der Waals surface area contributed by atoms with E-state index in [4.69, 9.17) is 18.6 Å². The highest BCUT2D eigenvalue weighted by molar-refractivity contribution is 5.83. The fourth-order valence-corrected chi connectivity index (χ4v) is 2.77. The molecule has 2 heterocycles. The number of ether oxygens (including phenoxy) is 3. The van der Waals surface area contributed by atoms with Gasteiger partial charge < -0.3 is 23.7 Å². The number of hydrogen-bond donors (Lipinski definition) is 1. The van der Waals surface area contributed by atoms with Crippen molar-refractivity contribution in [3.8, 4) is 28.4 Å². The summed E-state index contributed by atoms with van der Waals surface area (Å²) in [4.78, 5) is 24.1. The van der Waals surface area contributed by atoms with E-state index >= 15 is 0 Å². The molecule has 138 valence electrons. The van der Waals surface area contributed by atoms with Crippen LogP contribution in [0.2, 0.25) is 0 Å². The molecule has 0 bridgehead atoms. The number of carboxylic acid groups (broad SMARTS) is 1. The molecule has 0 radical (unpaired) electrons. The predicted octanol–water partition coefficient (Wildman–Crippen LogP) is 3.43. The van der Waals surface area contributed by atoms with Gasteiger partial charge in [0, 0.05) is 6.07 Å². The standard InChI is InChI=1S/C20H16O7/c1-20(2,19(22)23)27-12-4-5-13-16(8-12)24-9-14(18(13)21)11-3-6-15-17(7-11)26-10-25-15/h3-9H,10H2,1-2H3,(H,22,23). The maximum Gasteiger partial charge on any atom is 0.347 e. The molecule has 1 aliphatic rings. The van der Waals surface area contributed by atoms with Crippen molar-refractivity contribution in [2.75, 3.05) is 6.79 Å². The van der Waals surface area contributed by atoms with Crippen LogP contribution in [0.5, 0.6) is 17.2 Å². The Morgan fingerprint density at radius 2 is 1.89 bits per heavy atom. The first kappa shape index (κ1) is 17.0. The van der Waals surface area contributed by atoms with Gasteiger partial charge in [-0.25, -0.2) is 4.79 Å². The molecule has 7 heteroatoms. The van der Waals surface area contributed by atoms with Gasteiger partial charge in [0.1, 0.15) is 17.6 Å². The molecule has 0 atom stereocenters. The van der Waals surface area contributed by atoms with Crippen molar-refractivity contribution in [2.45, 2.75) is 19.4 Å². The van der Waals surface area contributed by atoms with Crippen molar-refractivity contribution in [2.24, 2.45) is 0 Å². The van der Waals surface area contributed by atoms with Gasteiger partial charge in [0.05, 0.1) is 10.9 Å². The Hall–Kier alpha value is -3.48. The minimum absolute atomic E-state index is 0.153. The number of fused-ring (bicyclic) bond motifs is 2. The summed E-state index contributed by atoms with van der Waals surface area (Å²) in [5, 5.41) is 9.54. The molecule has 7 nitrogen and oxygen atoms in total. The number of benzene rings is 2. The molecule has 1 N–H and O–H groups in total. The lowest BCUT2D eigenvalue weighted by atomic mass is 10.0. The Balaban J connectivity index is 1.74. The van der Waals surface area contributed by atoms with Crippen LogP contribution < -0.4 is 19.6 Å². The third kappa shape index (κ3) is 2.97. The Bertz CT molecular complexity index is 1110. The lowest BCUT2D eigenvalue weighted by molar-refractivity contribution is -0.152. The van der Waals surface area contributed by atoms with Crippen molar-refractivity contribution in [1.29, 1.82) is 0 Å². The van der Waals surface area contributed by atoms with E-state index in [1.807, 2.05) is 0 Å². The summed E-state index contributed by atoms with van der Waals surface area (Å²) in [6.07, 6.45) is 1.37. The third-order valence-corrected chi connectivity index (χ3v) is 4.32. The average Bonchev–Trinajstić information content (AvgIpc) is 3.09. The molecule has 3 aromatic rings. The van der Waals surface area contributed by atoms with Crippen LogP contribution in [0.15, 0.2) is 51.9 Å². The molecule has 0 fully saturated rings. The maximum atomic E-state index is 12.9. The van der Waals surface area contributed by atoms with Crippen molar-refractivity contribution in [1.82, 2.24) is 0 Å². The van der Waals surface area contributed by atoms with E-state index in [-0.39, 0.29) is 12.2 Å². The quantitative estimate of drug-likeness (QED) is 0.754. The zero-order valence-corrected chi connectivity index (χ0v) is 14.6. The molecule has 0 amide bonds. The monoisotopic (exact) mass is 368 g/mol. The van der Waals surface area contributed by atoms with Gasteiger partial charge in [-0.15, -0.1) is 0 Å². The predicted molar refractivity (Wildman–Crippen MR) is 96.4 cm³/mol. The number of hydrogen-bond acceptors (Lipinski definition) is 6. The largest absolute Gasteiger partial charge is 0.478 e. The zero-order valence-electron chi connectivity index (χ0n) is 14.6. The second kappa shape index (κ2) is 6.05. The molecule has 0 saturated heterocycles. The van der Waals surface area contributed by atoms with Crippen LogP contribution in [0.25, 0.3) is 22.1 Å². The highest BCUT2D eigenvalue weighted by atomic mass is 16.7. The highest BCUT2D eigenvalue weighted by Crippen LogP contribution is 2.35. The Morgan fingerprint density at radius 3 is 2.67 bits per heavy atom. The summed E-state index contributed by atoms with van der Waals surface area (Å²) in [7, 11) is 0. The van der Waals surface area contributed by atoms with E-state index in [0.717, 1.165) is 0 Å². The number of aliphatic carboxylic acids is 1. The van der Waals surface area contributed by atoms with Crippen LogP contribution in [-0.2, 0) is 4.79 Å². The fraction of sp³-hybridized carbons (Fsp3) is 0.200. The van der Waals surface area contributed by atoms with Gasteiger partial charge in [-0.3, -0.25) is 4.79 Å². The molecule has 0 unspecified atom stereocenters. The topological polar surface area (TPSA) is 95.2 Å². The Labute approximate surface area is 153 Å². The third-order valence-electron chi connectivity index (χ3n) is 4.32. The van der Waals surface area contributed by atoms with Crippen molar-refractivity contribution in [3.05, 3.63) is 52.9 Å². The smallest absolute Gasteiger partial charge is 0.347 e. The fourth-order valence-electron chi connectivity index (χ4n) is 2.77. The minimum Gasteiger partial charge on any atom is -0.478 e. The lowest BCUT2D eigenvalue weighted by Gasteiger charge is -2.21. The van der Waals surface area contributed by atoms with Gasteiger partial charge in [-0.05, 0) is 43.7 Å². The van der Waals surface area contributed by atoms with Crippen molar-refractivity contribution >= 4 is 16.9 Å². The number of rotatable bonds is 4. The van der Waals surface area contributed by atoms with Crippen LogP contribution >= 0.6 is 0 Å². The first-order valence-corrected chi connectivity index (χ1v) is 8.23. The zero-order chi connectivity index (χ0) is 19.2. The molecule has 0 saturated carbocycles. The van der Waals surface area contributed by atoms with Crippen LogP contribution in [0.4, 0.5) is 0 Å². The van der Waals surface area contributed by atoms with Gasteiger partial charge >= 0.3 is 5.97 Å². The molecule has 4 rings (SSSR count). The summed E-state index contributed by atoms with van der Waals surface area (Å²) in [6.45, 7) is 3.04. The van der Waals surface area contributed by atoms with Crippen LogP contribution in [0.3, 0.4) is 0 Å². The van der Waals surface area contributed by atoms with E-state index in [9.17, 15) is 14.7 Å². The van der Waals surface area contributed by atoms with Crippen molar-refractivity contribution in [3.63, 3.8) is 0 Å². The van der Waals surface area contributed by atoms with E-state index in [1.165, 1.54) is 26.2 Å². The maximum absolute atomic E-state index is 12.9. The van der Waals surface area contributed by atoms with Gasteiger partial charge in [-0.1, -0.05) is 6.07 Å². The Kier molecular flexibility index (Phi) is 3.80. The Morgan fingerprint density at radius 1 is 1.11 bits per heavy atom. The van der Waals surface area contributed by atoms with E-state index in [1.54, 1.807) is 30.3 Å². The summed E-state index contributed by atoms with van der Waals surface area (Å²) in [5.41, 5.74) is -0.259. The SMILES string of the molecule is CC(C)(Oc1ccc2c(=O)c(-c3ccc4c(c3)OCO4)coc2c1)C(=O)O. The van der Waals surface area contributed by atoms with Gasteiger partial charge in [0.2, 0.25) is 6.79 Å². The normalized spacial score (nSPS) is 13.0. The number of carboxylic acids is 1. The molecule has 27 heavy (non-hydrogen) atoms. The van der Waals surface area contributed by atoms with E-state index in [0.29, 0.717) is 39.3 Å². The molecular weight excluding hydrogens is 352 g/mol. The van der Waals surface area contributed by atoms with Crippen LogP contribution in [0, 0.1) is 0 Å². The van der Waals surface area contributed by atoms with Crippen LogP contribution in [0.1, 0.15) is 13.8 Å². The lowest BCUT2D eigenvalue weighted by Crippen LogP contribution is -2.37. The summed E-state index contributed by atoms with van der Waals surface area (Å²) in [6, 6.07) is 9.85. The van der Waals surface area contributed by atoms with Crippen molar-refractivity contribution < 1.29 is 28.5 Å². The molecule has 1 aromatic heterocycles. The molecule has 0 aliphatic carbocycles. The molecule has 0 spiro atoms. The van der Waals surface area contributed by atoms with E-state index in [2.05, 4.69) is 0 Å². The van der Waals surface area contributed by atoms with Gasteiger partial charge in [0.25, 0.3) is 0 Å². The molecule has 1 aliphatic heterocycles. The summed E-state index contributed by atoms with van der Waals surface area (Å²) >= 11 is 0. The second-order valence-corrected chi connectivity index (χ2v) is 6.62. The van der Waals surface area contributed by atoms with Gasteiger partial charge in [-0.2, -0.15) is 0 Å². The molecular formula is C20H16O7. The summed E-state index contributed by atoms with van der Waals surface area (Å²) in [5.74, 6) is 0.412. The van der Waals surface area contributed by atoms with Gasteiger partial charge in [0.15, 0.2) is 22.5 Å². The summed E-state index contributed by atoms with van der Waals surface area (Å²) < 4.78 is 21.7. The minimum atomic E-state index is -1.40. The molecule has 2 aromatic carbocycles. The first-order chi connectivity index (χ1) is 12.8. The number of carbonyl (C=O) groups is 1. The first-order valence-electron chi connectivity index (χ1n) is 8.23. The van der Waals surface area contributed by atoms with Crippen LogP contribution in [-0.4, -0.2) is 23.5 Å². The average molecular weight is 368 g/mol. The highest BCUT2D eigenvalue weighted by Gasteiger charge is 2.29. The van der Waals surface area contributed by atoms with E-state index < -0.39 is 11.6 Å². The second-order valence-electron chi connectivity index (χ2n) is 6.62.